The average molecular weight is 193 g/mol. The second-order valence-electron chi connectivity index (χ2n) is 3.89. The Kier molecular flexibility index (Phi) is 2.27. The van der Waals surface area contributed by atoms with Gasteiger partial charge in [0.15, 0.2) is 0 Å². The molecule has 2 rings (SSSR count). The third-order valence-corrected chi connectivity index (χ3v) is 2.65. The monoisotopic (exact) mass is 193 g/mol. The summed E-state index contributed by atoms with van der Waals surface area (Å²) in [7, 11) is 1.89. The number of aromatic nitrogens is 2. The van der Waals surface area contributed by atoms with Crippen molar-refractivity contribution in [2.75, 3.05) is 0 Å². The normalized spacial score (nSPS) is 15.6. The predicted octanol–water partition coefficient (Wildman–Crippen LogP) is 0.755. The quantitative estimate of drug-likeness (QED) is 0.770. The van der Waals surface area contributed by atoms with Gasteiger partial charge in [0.25, 0.3) is 0 Å². The molecule has 4 heteroatoms. The molecule has 1 aliphatic carbocycles. The molecule has 0 spiro atoms. The molecule has 0 bridgehead atoms. The first-order valence-electron chi connectivity index (χ1n) is 4.93. The van der Waals surface area contributed by atoms with Gasteiger partial charge in [-0.25, -0.2) is 0 Å². The Morgan fingerprint density at radius 1 is 1.71 bits per heavy atom. The summed E-state index contributed by atoms with van der Waals surface area (Å²) in [5.41, 5.74) is 2.21. The van der Waals surface area contributed by atoms with E-state index in [1.807, 2.05) is 24.9 Å². The molecule has 1 heterocycles. The molecule has 0 unspecified atom stereocenters. The van der Waals surface area contributed by atoms with Crippen LogP contribution in [0.5, 0.6) is 0 Å². The summed E-state index contributed by atoms with van der Waals surface area (Å²) in [6.07, 6.45) is 3.92. The lowest BCUT2D eigenvalue weighted by atomic mass is 10.2. The van der Waals surface area contributed by atoms with Crippen LogP contribution >= 0.6 is 0 Å². The highest BCUT2D eigenvalue weighted by Gasteiger charge is 2.29. The number of hydrogen-bond donors (Lipinski definition) is 1. The lowest BCUT2D eigenvalue weighted by molar-refractivity contribution is -0.122. The third kappa shape index (κ3) is 1.78. The summed E-state index contributed by atoms with van der Waals surface area (Å²) in [5.74, 6) is 0.467. The number of nitrogens with one attached hydrogen (secondary N) is 1. The molecule has 0 atom stereocenters. The van der Waals surface area contributed by atoms with E-state index < -0.39 is 0 Å². The second kappa shape index (κ2) is 3.44. The van der Waals surface area contributed by atoms with Crippen molar-refractivity contribution in [3.05, 3.63) is 17.5 Å². The second-order valence-corrected chi connectivity index (χ2v) is 3.89. The molecule has 76 valence electrons. The Morgan fingerprint density at radius 3 is 2.93 bits per heavy atom. The van der Waals surface area contributed by atoms with Crippen LogP contribution in [-0.2, 0) is 18.4 Å². The summed E-state index contributed by atoms with van der Waals surface area (Å²) >= 11 is 0. The van der Waals surface area contributed by atoms with Crippen molar-refractivity contribution in [3.63, 3.8) is 0 Å². The minimum Gasteiger partial charge on any atom is -0.350 e. The molecule has 0 saturated heterocycles. The highest BCUT2D eigenvalue weighted by Crippen LogP contribution is 2.28. The van der Waals surface area contributed by atoms with Crippen molar-refractivity contribution in [2.45, 2.75) is 26.3 Å². The molecule has 1 aliphatic rings. The standard InChI is InChI=1S/C10H15N3O/c1-7-5-12-13(2)9(7)6-11-10(14)8-3-4-8/h5,8H,3-4,6H2,1-2H3,(H,11,14). The fourth-order valence-corrected chi connectivity index (χ4v) is 1.49. The Bertz CT molecular complexity index is 333. The molecule has 1 amide bonds. The summed E-state index contributed by atoms with van der Waals surface area (Å²) < 4.78 is 1.81. The molecule has 0 aliphatic heterocycles. The van der Waals surface area contributed by atoms with Crippen molar-refractivity contribution >= 4 is 5.91 Å². The first kappa shape index (κ1) is 9.24. The molecule has 4 nitrogen and oxygen atoms in total. The fourth-order valence-electron chi connectivity index (χ4n) is 1.49. The number of carbonyl (C=O) groups excluding carboxylic acids is 1. The van der Waals surface area contributed by atoms with Crippen molar-refractivity contribution in [1.29, 1.82) is 0 Å². The van der Waals surface area contributed by atoms with Gasteiger partial charge < -0.3 is 5.32 Å². The number of amides is 1. The topological polar surface area (TPSA) is 46.9 Å². The Hall–Kier alpha value is -1.32. The van der Waals surface area contributed by atoms with Gasteiger partial charge in [-0.15, -0.1) is 0 Å². The van der Waals surface area contributed by atoms with Gasteiger partial charge >= 0.3 is 0 Å². The van der Waals surface area contributed by atoms with Crippen LogP contribution in [0.3, 0.4) is 0 Å². The summed E-state index contributed by atoms with van der Waals surface area (Å²) in [6.45, 7) is 2.60. The van der Waals surface area contributed by atoms with Crippen LogP contribution in [0.4, 0.5) is 0 Å². The summed E-state index contributed by atoms with van der Waals surface area (Å²) in [5, 5.41) is 7.05. The fraction of sp³-hybridized carbons (Fsp3) is 0.600. The first-order valence-corrected chi connectivity index (χ1v) is 4.93. The van der Waals surface area contributed by atoms with Crippen LogP contribution in [0.15, 0.2) is 6.20 Å². The maximum atomic E-state index is 11.4. The minimum absolute atomic E-state index is 0.186. The zero-order chi connectivity index (χ0) is 10.1. The molecule has 14 heavy (non-hydrogen) atoms. The van der Waals surface area contributed by atoms with Crippen LogP contribution < -0.4 is 5.32 Å². The van der Waals surface area contributed by atoms with Gasteiger partial charge in [-0.05, 0) is 25.3 Å². The summed E-state index contributed by atoms with van der Waals surface area (Å²) in [6, 6.07) is 0. The van der Waals surface area contributed by atoms with E-state index in [1.54, 1.807) is 0 Å². The van der Waals surface area contributed by atoms with E-state index in [1.165, 1.54) is 0 Å². The molecule has 1 N–H and O–H groups in total. The zero-order valence-electron chi connectivity index (χ0n) is 8.58. The van der Waals surface area contributed by atoms with E-state index in [4.69, 9.17) is 0 Å². The SMILES string of the molecule is Cc1cnn(C)c1CNC(=O)C1CC1. The number of aryl methyl sites for hydroxylation is 2. The number of hydrogen-bond acceptors (Lipinski definition) is 2. The minimum atomic E-state index is 0.186. The molecule has 1 saturated carbocycles. The van der Waals surface area contributed by atoms with E-state index in [-0.39, 0.29) is 11.8 Å². The van der Waals surface area contributed by atoms with Crippen LogP contribution in [0.2, 0.25) is 0 Å². The molecule has 0 radical (unpaired) electrons. The Balaban J connectivity index is 1.93. The van der Waals surface area contributed by atoms with Crippen LogP contribution in [0.1, 0.15) is 24.1 Å². The molecular formula is C10H15N3O. The average Bonchev–Trinajstić information content (AvgIpc) is 2.93. The third-order valence-electron chi connectivity index (χ3n) is 2.65. The Labute approximate surface area is 83.3 Å². The number of rotatable bonds is 3. The van der Waals surface area contributed by atoms with Crippen molar-refractivity contribution in [2.24, 2.45) is 13.0 Å². The highest BCUT2D eigenvalue weighted by molar-refractivity contribution is 5.80. The van der Waals surface area contributed by atoms with Crippen molar-refractivity contribution in [3.8, 4) is 0 Å². The lowest BCUT2D eigenvalue weighted by Crippen LogP contribution is -2.25. The molecule has 0 aromatic carbocycles. The van der Waals surface area contributed by atoms with Gasteiger partial charge in [-0.2, -0.15) is 5.10 Å². The maximum Gasteiger partial charge on any atom is 0.223 e. The highest BCUT2D eigenvalue weighted by atomic mass is 16.2. The summed E-state index contributed by atoms with van der Waals surface area (Å²) in [4.78, 5) is 11.4. The van der Waals surface area contributed by atoms with Gasteiger partial charge in [0, 0.05) is 13.0 Å². The van der Waals surface area contributed by atoms with E-state index in [9.17, 15) is 4.79 Å². The zero-order valence-corrected chi connectivity index (χ0v) is 8.58. The van der Waals surface area contributed by atoms with E-state index >= 15 is 0 Å². The van der Waals surface area contributed by atoms with Crippen molar-refractivity contribution < 1.29 is 4.79 Å². The van der Waals surface area contributed by atoms with Crippen molar-refractivity contribution in [1.82, 2.24) is 15.1 Å². The number of carbonyl (C=O) groups is 1. The van der Waals surface area contributed by atoms with Gasteiger partial charge in [0.1, 0.15) is 0 Å². The molecule has 1 aromatic heterocycles. The number of nitrogens with zero attached hydrogens (tertiary/aromatic N) is 2. The smallest absolute Gasteiger partial charge is 0.223 e. The molecule has 1 fully saturated rings. The molecular weight excluding hydrogens is 178 g/mol. The predicted molar refractivity (Wildman–Crippen MR) is 52.5 cm³/mol. The van der Waals surface area contributed by atoms with E-state index in [0.29, 0.717) is 6.54 Å². The molecule has 1 aromatic rings. The van der Waals surface area contributed by atoms with Crippen LogP contribution in [0, 0.1) is 12.8 Å². The van der Waals surface area contributed by atoms with Crippen LogP contribution in [-0.4, -0.2) is 15.7 Å². The Morgan fingerprint density at radius 2 is 2.43 bits per heavy atom. The van der Waals surface area contributed by atoms with Gasteiger partial charge in [-0.3, -0.25) is 9.48 Å². The van der Waals surface area contributed by atoms with Crippen LogP contribution in [0.25, 0.3) is 0 Å². The largest absolute Gasteiger partial charge is 0.350 e. The van der Waals surface area contributed by atoms with E-state index in [2.05, 4.69) is 10.4 Å². The lowest BCUT2D eigenvalue weighted by Gasteiger charge is -2.05. The maximum absolute atomic E-state index is 11.4. The van der Waals surface area contributed by atoms with E-state index in [0.717, 1.165) is 24.1 Å². The van der Waals surface area contributed by atoms with Gasteiger partial charge in [0.05, 0.1) is 18.4 Å². The van der Waals surface area contributed by atoms with Gasteiger partial charge in [0.2, 0.25) is 5.91 Å². The first-order chi connectivity index (χ1) is 6.68. The van der Waals surface area contributed by atoms with Gasteiger partial charge in [-0.1, -0.05) is 0 Å².